The summed E-state index contributed by atoms with van der Waals surface area (Å²) in [6.07, 6.45) is 7.14. The molecule has 3 nitrogen and oxygen atoms in total. The number of aliphatic hydroxyl groups is 1. The summed E-state index contributed by atoms with van der Waals surface area (Å²) >= 11 is 0. The molecule has 0 unspecified atom stereocenters. The Morgan fingerprint density at radius 3 is 2.72 bits per heavy atom. The van der Waals surface area contributed by atoms with Gasteiger partial charge in [0.1, 0.15) is 5.76 Å². The average molecular weight is 251 g/mol. The molecule has 1 aromatic rings. The molecule has 1 fully saturated rings. The Hall–Kier alpha value is -0.800. The number of hydrogen-bond acceptors (Lipinski definition) is 3. The Kier molecular flexibility index (Phi) is 4.46. The fourth-order valence-corrected chi connectivity index (χ4v) is 2.79. The van der Waals surface area contributed by atoms with E-state index in [1.807, 2.05) is 13.0 Å². The van der Waals surface area contributed by atoms with Gasteiger partial charge < -0.3 is 14.8 Å². The summed E-state index contributed by atoms with van der Waals surface area (Å²) in [4.78, 5) is 0. The van der Waals surface area contributed by atoms with Gasteiger partial charge >= 0.3 is 0 Å². The van der Waals surface area contributed by atoms with Gasteiger partial charge in [0.25, 0.3) is 0 Å². The molecule has 3 heteroatoms. The van der Waals surface area contributed by atoms with Gasteiger partial charge in [-0.15, -0.1) is 0 Å². The van der Waals surface area contributed by atoms with E-state index in [0.29, 0.717) is 13.1 Å². The van der Waals surface area contributed by atoms with E-state index < -0.39 is 5.60 Å². The van der Waals surface area contributed by atoms with E-state index >= 15 is 0 Å². The molecule has 0 bridgehead atoms. The van der Waals surface area contributed by atoms with E-state index in [2.05, 4.69) is 12.2 Å². The summed E-state index contributed by atoms with van der Waals surface area (Å²) in [6, 6.07) is 1.97. The fourth-order valence-electron chi connectivity index (χ4n) is 2.79. The van der Waals surface area contributed by atoms with Crippen LogP contribution in [0.3, 0.4) is 0 Å². The molecule has 0 aromatic carbocycles. The predicted molar refractivity (Wildman–Crippen MR) is 72.4 cm³/mol. The maximum absolute atomic E-state index is 10.5. The summed E-state index contributed by atoms with van der Waals surface area (Å²) in [5, 5.41) is 13.8. The van der Waals surface area contributed by atoms with E-state index in [1.165, 1.54) is 12.0 Å². The summed E-state index contributed by atoms with van der Waals surface area (Å²) in [5.74, 6) is 1.79. The van der Waals surface area contributed by atoms with Crippen molar-refractivity contribution in [3.05, 3.63) is 23.7 Å². The minimum absolute atomic E-state index is 0.508. The molecule has 1 saturated carbocycles. The van der Waals surface area contributed by atoms with Crippen LogP contribution >= 0.6 is 0 Å². The minimum Gasteiger partial charge on any atom is -0.468 e. The first-order chi connectivity index (χ1) is 8.63. The Balaban J connectivity index is 1.75. The molecule has 0 amide bonds. The van der Waals surface area contributed by atoms with Gasteiger partial charge in [-0.3, -0.25) is 0 Å². The van der Waals surface area contributed by atoms with Crippen molar-refractivity contribution in [1.29, 1.82) is 0 Å². The first kappa shape index (κ1) is 13.6. The van der Waals surface area contributed by atoms with Gasteiger partial charge in [0, 0.05) is 6.54 Å². The maximum Gasteiger partial charge on any atom is 0.120 e. The van der Waals surface area contributed by atoms with Gasteiger partial charge in [0.2, 0.25) is 0 Å². The van der Waals surface area contributed by atoms with Crippen LogP contribution in [0.25, 0.3) is 0 Å². The molecule has 1 aliphatic rings. The maximum atomic E-state index is 10.5. The quantitative estimate of drug-likeness (QED) is 0.845. The van der Waals surface area contributed by atoms with Gasteiger partial charge in [0.15, 0.2) is 0 Å². The van der Waals surface area contributed by atoms with Crippen molar-refractivity contribution in [1.82, 2.24) is 5.32 Å². The van der Waals surface area contributed by atoms with Crippen LogP contribution in [0.15, 0.2) is 16.7 Å². The van der Waals surface area contributed by atoms with Gasteiger partial charge in [0.05, 0.1) is 18.4 Å². The van der Waals surface area contributed by atoms with Crippen LogP contribution in [0.1, 0.15) is 50.4 Å². The van der Waals surface area contributed by atoms with Gasteiger partial charge in [-0.05, 0) is 50.2 Å². The highest BCUT2D eigenvalue weighted by atomic mass is 16.3. The van der Waals surface area contributed by atoms with Crippen molar-refractivity contribution in [3.8, 4) is 0 Å². The second-order valence-electron chi connectivity index (χ2n) is 5.71. The van der Waals surface area contributed by atoms with Crippen molar-refractivity contribution in [2.45, 2.75) is 58.1 Å². The molecule has 2 rings (SSSR count). The summed E-state index contributed by atoms with van der Waals surface area (Å²) < 4.78 is 5.38. The van der Waals surface area contributed by atoms with E-state index in [4.69, 9.17) is 4.42 Å². The molecule has 0 atom stereocenters. The van der Waals surface area contributed by atoms with Crippen LogP contribution in [0.2, 0.25) is 0 Å². The molecule has 102 valence electrons. The zero-order chi connectivity index (χ0) is 13.0. The molecular weight excluding hydrogens is 226 g/mol. The zero-order valence-electron chi connectivity index (χ0n) is 11.5. The van der Waals surface area contributed by atoms with Gasteiger partial charge in [-0.25, -0.2) is 0 Å². The van der Waals surface area contributed by atoms with Crippen molar-refractivity contribution in [2.75, 3.05) is 6.54 Å². The van der Waals surface area contributed by atoms with Crippen molar-refractivity contribution in [3.63, 3.8) is 0 Å². The van der Waals surface area contributed by atoms with E-state index in [0.717, 1.165) is 37.4 Å². The van der Waals surface area contributed by atoms with Crippen molar-refractivity contribution < 1.29 is 9.52 Å². The second-order valence-corrected chi connectivity index (χ2v) is 5.71. The molecule has 0 spiro atoms. The Labute approximate surface area is 110 Å². The Bertz CT molecular complexity index is 364. The highest BCUT2D eigenvalue weighted by Crippen LogP contribution is 2.33. The Morgan fingerprint density at radius 1 is 1.44 bits per heavy atom. The summed E-state index contributed by atoms with van der Waals surface area (Å²) in [5.41, 5.74) is 0.663. The Morgan fingerprint density at radius 2 is 2.17 bits per heavy atom. The van der Waals surface area contributed by atoms with Crippen LogP contribution in [0, 0.1) is 12.8 Å². The molecule has 2 N–H and O–H groups in total. The van der Waals surface area contributed by atoms with Crippen LogP contribution in [-0.2, 0) is 6.54 Å². The number of nitrogens with one attached hydrogen (secondary N) is 1. The zero-order valence-corrected chi connectivity index (χ0v) is 11.5. The van der Waals surface area contributed by atoms with Gasteiger partial charge in [-0.2, -0.15) is 0 Å². The first-order valence-electron chi connectivity index (χ1n) is 7.09. The van der Waals surface area contributed by atoms with Crippen LogP contribution in [0.5, 0.6) is 0 Å². The SMILES string of the molecule is CCC1CCC(O)(CNCc2occc2C)CC1. The van der Waals surface area contributed by atoms with E-state index in [-0.39, 0.29) is 0 Å². The lowest BCUT2D eigenvalue weighted by Crippen LogP contribution is -2.43. The monoisotopic (exact) mass is 251 g/mol. The highest BCUT2D eigenvalue weighted by molar-refractivity contribution is 5.14. The second kappa shape index (κ2) is 5.89. The largest absolute Gasteiger partial charge is 0.468 e. The molecule has 18 heavy (non-hydrogen) atoms. The third kappa shape index (κ3) is 3.36. The van der Waals surface area contributed by atoms with E-state index in [1.54, 1.807) is 6.26 Å². The number of hydrogen-bond donors (Lipinski definition) is 2. The molecule has 0 aliphatic heterocycles. The number of rotatable bonds is 5. The standard InChI is InChI=1S/C15H25NO2/c1-3-13-4-7-15(17,8-5-13)11-16-10-14-12(2)6-9-18-14/h6,9,13,16-17H,3-5,7-8,10-11H2,1-2H3. The molecule has 0 radical (unpaired) electrons. The predicted octanol–water partition coefficient (Wildman–Crippen LogP) is 3.01. The third-order valence-electron chi connectivity index (χ3n) is 4.32. The van der Waals surface area contributed by atoms with E-state index in [9.17, 15) is 5.11 Å². The van der Waals surface area contributed by atoms with Crippen LogP contribution < -0.4 is 5.32 Å². The molecular formula is C15H25NO2. The molecule has 1 aromatic heterocycles. The number of furan rings is 1. The number of aryl methyl sites for hydroxylation is 1. The van der Waals surface area contributed by atoms with Gasteiger partial charge in [-0.1, -0.05) is 13.3 Å². The van der Waals surface area contributed by atoms with Crippen molar-refractivity contribution >= 4 is 0 Å². The van der Waals surface area contributed by atoms with Crippen molar-refractivity contribution in [2.24, 2.45) is 5.92 Å². The topological polar surface area (TPSA) is 45.4 Å². The average Bonchev–Trinajstić information content (AvgIpc) is 2.76. The highest BCUT2D eigenvalue weighted by Gasteiger charge is 2.32. The normalized spacial score (nSPS) is 28.5. The van der Waals surface area contributed by atoms with Crippen LogP contribution in [0.4, 0.5) is 0 Å². The molecule has 1 heterocycles. The fraction of sp³-hybridized carbons (Fsp3) is 0.733. The molecule has 1 aliphatic carbocycles. The lowest BCUT2D eigenvalue weighted by Gasteiger charge is -2.36. The summed E-state index contributed by atoms with van der Waals surface area (Å²) in [7, 11) is 0. The smallest absolute Gasteiger partial charge is 0.120 e. The molecule has 0 saturated heterocycles. The lowest BCUT2D eigenvalue weighted by molar-refractivity contribution is -0.00908. The third-order valence-corrected chi connectivity index (χ3v) is 4.32. The van der Waals surface area contributed by atoms with Crippen LogP contribution in [-0.4, -0.2) is 17.3 Å². The minimum atomic E-state index is -0.508. The lowest BCUT2D eigenvalue weighted by atomic mass is 9.78. The summed E-state index contributed by atoms with van der Waals surface area (Å²) in [6.45, 7) is 5.66. The first-order valence-corrected chi connectivity index (χ1v) is 7.09.